The summed E-state index contributed by atoms with van der Waals surface area (Å²) >= 11 is 0. The van der Waals surface area contributed by atoms with E-state index >= 15 is 0 Å². The minimum atomic E-state index is -0.400. The minimum absolute atomic E-state index is 0. The zero-order valence-electron chi connectivity index (χ0n) is 10.4. The van der Waals surface area contributed by atoms with E-state index in [1.165, 1.54) is 6.42 Å². The molecule has 2 fully saturated rings. The van der Waals surface area contributed by atoms with Crippen LogP contribution in [-0.2, 0) is 5.54 Å². The first-order valence-electron chi connectivity index (χ1n) is 6.58. The molecule has 0 saturated heterocycles. The minimum Gasteiger partial charge on any atom is -0.319 e. The van der Waals surface area contributed by atoms with Crippen LogP contribution in [0, 0.1) is 0 Å². The summed E-state index contributed by atoms with van der Waals surface area (Å²) in [6, 6.07) is 1.63. The quantitative estimate of drug-likeness (QED) is 0.864. The molecule has 0 unspecified atom stereocenters. The molecule has 3 N–H and O–H groups in total. The average Bonchev–Trinajstić information content (AvgIpc) is 3.13. The molecule has 1 aromatic heterocycles. The Morgan fingerprint density at radius 3 is 2.56 bits per heavy atom. The Balaban J connectivity index is 0.00000120. The van der Waals surface area contributed by atoms with Crippen LogP contribution in [0.2, 0.25) is 0 Å². The highest BCUT2D eigenvalue weighted by Gasteiger charge is 2.34. The number of hydrogen-bond donors (Lipinski definition) is 2. The lowest BCUT2D eigenvalue weighted by atomic mass is 9.82. The van der Waals surface area contributed by atoms with Gasteiger partial charge in [-0.15, -0.1) is 12.4 Å². The van der Waals surface area contributed by atoms with Crippen molar-refractivity contribution in [3.05, 3.63) is 27.9 Å². The van der Waals surface area contributed by atoms with Crippen LogP contribution in [-0.4, -0.2) is 9.97 Å². The summed E-state index contributed by atoms with van der Waals surface area (Å²) in [4.78, 5) is 19.1. The molecular weight excluding hydrogens is 250 g/mol. The van der Waals surface area contributed by atoms with Crippen LogP contribution in [0.1, 0.15) is 62.4 Å². The van der Waals surface area contributed by atoms with Crippen LogP contribution in [0.4, 0.5) is 0 Å². The highest BCUT2D eigenvalue weighted by molar-refractivity contribution is 5.85. The van der Waals surface area contributed by atoms with Crippen molar-refractivity contribution in [2.75, 3.05) is 0 Å². The largest absolute Gasteiger partial charge is 0.319 e. The maximum Gasteiger partial charge on any atom is 0.251 e. The van der Waals surface area contributed by atoms with Gasteiger partial charge in [-0.1, -0.05) is 19.3 Å². The maximum absolute atomic E-state index is 11.7. The van der Waals surface area contributed by atoms with Gasteiger partial charge in [0.15, 0.2) is 0 Å². The molecule has 1 heterocycles. The highest BCUT2D eigenvalue weighted by atomic mass is 35.5. The molecule has 18 heavy (non-hydrogen) atoms. The zero-order chi connectivity index (χ0) is 11.9. The number of aromatic amines is 1. The van der Waals surface area contributed by atoms with E-state index in [1.54, 1.807) is 6.07 Å². The molecule has 0 amide bonds. The second kappa shape index (κ2) is 5.02. The van der Waals surface area contributed by atoms with E-state index in [0.717, 1.165) is 44.2 Å². The van der Waals surface area contributed by atoms with Crippen LogP contribution in [0.15, 0.2) is 10.9 Å². The van der Waals surface area contributed by atoms with Gasteiger partial charge in [0.1, 0.15) is 5.82 Å². The summed E-state index contributed by atoms with van der Waals surface area (Å²) in [7, 11) is 0. The first-order chi connectivity index (χ1) is 8.17. The number of hydrogen-bond acceptors (Lipinski definition) is 3. The van der Waals surface area contributed by atoms with Gasteiger partial charge in [-0.05, 0) is 25.7 Å². The number of rotatable bonds is 2. The van der Waals surface area contributed by atoms with E-state index in [1.807, 2.05) is 0 Å². The molecule has 100 valence electrons. The van der Waals surface area contributed by atoms with E-state index in [4.69, 9.17) is 5.73 Å². The molecular formula is C13H20ClN3O. The Bertz CT molecular complexity index is 475. The molecule has 1 aromatic rings. The van der Waals surface area contributed by atoms with Gasteiger partial charge in [0.25, 0.3) is 5.56 Å². The Morgan fingerprint density at radius 1 is 1.28 bits per heavy atom. The van der Waals surface area contributed by atoms with Gasteiger partial charge in [-0.2, -0.15) is 0 Å². The van der Waals surface area contributed by atoms with Gasteiger partial charge in [0, 0.05) is 12.0 Å². The number of H-pyrrole nitrogens is 1. The van der Waals surface area contributed by atoms with Crippen molar-refractivity contribution >= 4 is 12.4 Å². The summed E-state index contributed by atoms with van der Waals surface area (Å²) in [5.74, 6) is 1.22. The van der Waals surface area contributed by atoms with E-state index in [-0.39, 0.29) is 18.0 Å². The van der Waals surface area contributed by atoms with Crippen molar-refractivity contribution in [2.45, 2.75) is 56.4 Å². The van der Waals surface area contributed by atoms with Gasteiger partial charge < -0.3 is 10.7 Å². The van der Waals surface area contributed by atoms with Crippen molar-refractivity contribution in [1.29, 1.82) is 0 Å². The second-order valence-corrected chi connectivity index (χ2v) is 5.51. The topological polar surface area (TPSA) is 71.8 Å². The SMILES string of the molecule is Cl.NC1(c2nc(C3CC3)cc(=O)[nH]2)CCCCC1. The first-order valence-corrected chi connectivity index (χ1v) is 6.58. The lowest BCUT2D eigenvalue weighted by Crippen LogP contribution is -2.41. The molecule has 0 aromatic carbocycles. The maximum atomic E-state index is 11.7. The van der Waals surface area contributed by atoms with Crippen molar-refractivity contribution in [1.82, 2.24) is 9.97 Å². The number of halogens is 1. The van der Waals surface area contributed by atoms with E-state index in [0.29, 0.717) is 11.7 Å². The van der Waals surface area contributed by atoms with Gasteiger partial charge in [-0.3, -0.25) is 4.79 Å². The number of nitrogens with one attached hydrogen (secondary N) is 1. The second-order valence-electron chi connectivity index (χ2n) is 5.51. The Morgan fingerprint density at radius 2 is 1.94 bits per heavy atom. The van der Waals surface area contributed by atoms with Gasteiger partial charge in [-0.25, -0.2) is 4.98 Å². The van der Waals surface area contributed by atoms with Crippen LogP contribution < -0.4 is 11.3 Å². The molecule has 4 nitrogen and oxygen atoms in total. The molecule has 0 aliphatic heterocycles. The normalized spacial score (nSPS) is 22.3. The molecule has 5 heteroatoms. The monoisotopic (exact) mass is 269 g/mol. The third kappa shape index (κ3) is 2.59. The summed E-state index contributed by atoms with van der Waals surface area (Å²) in [6.45, 7) is 0. The average molecular weight is 270 g/mol. The van der Waals surface area contributed by atoms with E-state index in [9.17, 15) is 4.79 Å². The predicted molar refractivity (Wildman–Crippen MR) is 73.0 cm³/mol. The standard InChI is InChI=1S/C13H19N3O.ClH/c14-13(6-2-1-3-7-13)12-15-10(9-4-5-9)8-11(17)16-12;/h8-9H,1-7,14H2,(H,15,16,17);1H. The summed E-state index contributed by atoms with van der Waals surface area (Å²) in [5, 5.41) is 0. The fourth-order valence-electron chi connectivity index (χ4n) is 2.72. The Hall–Kier alpha value is -0.870. The molecule has 2 aliphatic rings. The number of nitrogens with two attached hydrogens (primary N) is 1. The van der Waals surface area contributed by atoms with Gasteiger partial charge in [0.2, 0.25) is 0 Å². The van der Waals surface area contributed by atoms with Gasteiger partial charge in [0.05, 0.1) is 11.2 Å². The predicted octanol–water partition coefficient (Wildman–Crippen LogP) is 2.19. The fourth-order valence-corrected chi connectivity index (χ4v) is 2.72. The van der Waals surface area contributed by atoms with Crippen molar-refractivity contribution in [2.24, 2.45) is 5.73 Å². The molecule has 0 radical (unpaired) electrons. The van der Waals surface area contributed by atoms with Crippen molar-refractivity contribution < 1.29 is 0 Å². The molecule has 2 saturated carbocycles. The summed E-state index contributed by atoms with van der Waals surface area (Å²) in [5.41, 5.74) is 6.90. The third-order valence-electron chi connectivity index (χ3n) is 3.97. The van der Waals surface area contributed by atoms with Crippen LogP contribution >= 0.6 is 12.4 Å². The van der Waals surface area contributed by atoms with Crippen LogP contribution in [0.5, 0.6) is 0 Å². The first kappa shape index (κ1) is 13.6. The zero-order valence-corrected chi connectivity index (χ0v) is 11.3. The highest BCUT2D eigenvalue weighted by Crippen LogP contribution is 2.39. The summed E-state index contributed by atoms with van der Waals surface area (Å²) < 4.78 is 0. The van der Waals surface area contributed by atoms with E-state index < -0.39 is 5.54 Å². The lowest BCUT2D eigenvalue weighted by molar-refractivity contribution is 0.285. The van der Waals surface area contributed by atoms with E-state index in [2.05, 4.69) is 9.97 Å². The summed E-state index contributed by atoms with van der Waals surface area (Å²) in [6.07, 6.45) is 7.70. The lowest BCUT2D eigenvalue weighted by Gasteiger charge is -2.32. The number of aromatic nitrogens is 2. The Labute approximate surface area is 113 Å². The Kier molecular flexibility index (Phi) is 3.78. The van der Waals surface area contributed by atoms with Crippen molar-refractivity contribution in [3.8, 4) is 0 Å². The molecule has 2 aliphatic carbocycles. The fraction of sp³-hybridized carbons (Fsp3) is 0.692. The molecule has 0 spiro atoms. The third-order valence-corrected chi connectivity index (χ3v) is 3.97. The van der Waals surface area contributed by atoms with Crippen LogP contribution in [0.25, 0.3) is 0 Å². The van der Waals surface area contributed by atoms with Gasteiger partial charge >= 0.3 is 0 Å². The number of nitrogens with zero attached hydrogens (tertiary/aromatic N) is 1. The van der Waals surface area contributed by atoms with Crippen molar-refractivity contribution in [3.63, 3.8) is 0 Å². The molecule has 3 rings (SSSR count). The smallest absolute Gasteiger partial charge is 0.251 e. The molecule has 0 atom stereocenters. The molecule has 0 bridgehead atoms. The van der Waals surface area contributed by atoms with Crippen LogP contribution in [0.3, 0.4) is 0 Å².